The zero-order chi connectivity index (χ0) is 20.6. The molecule has 8 heteroatoms. The van der Waals surface area contributed by atoms with Crippen LogP contribution < -0.4 is 11.1 Å². The van der Waals surface area contributed by atoms with Crippen LogP contribution in [0.5, 0.6) is 0 Å². The van der Waals surface area contributed by atoms with Gasteiger partial charge in [-0.1, -0.05) is 0 Å². The summed E-state index contributed by atoms with van der Waals surface area (Å²) in [7, 11) is 0. The van der Waals surface area contributed by atoms with Crippen molar-refractivity contribution in [1.29, 1.82) is 5.26 Å². The van der Waals surface area contributed by atoms with E-state index in [1.165, 1.54) is 30.5 Å². The fourth-order valence-electron chi connectivity index (χ4n) is 3.43. The number of hydrogen-bond acceptors (Lipinski definition) is 5. The van der Waals surface area contributed by atoms with Gasteiger partial charge in [0.25, 0.3) is 5.91 Å². The third-order valence-corrected chi connectivity index (χ3v) is 4.87. The summed E-state index contributed by atoms with van der Waals surface area (Å²) in [5.41, 5.74) is 7.19. The van der Waals surface area contributed by atoms with Gasteiger partial charge in [0.2, 0.25) is 0 Å². The van der Waals surface area contributed by atoms with Crippen molar-refractivity contribution in [2.75, 3.05) is 5.32 Å². The number of nitrogens with two attached hydrogens (primary N) is 1. The first-order valence-corrected chi connectivity index (χ1v) is 8.88. The van der Waals surface area contributed by atoms with E-state index in [0.29, 0.717) is 29.2 Å². The van der Waals surface area contributed by atoms with E-state index in [9.17, 15) is 9.18 Å². The van der Waals surface area contributed by atoms with E-state index >= 15 is 0 Å². The number of nitrogens with one attached hydrogen (secondary N) is 1. The summed E-state index contributed by atoms with van der Waals surface area (Å²) >= 11 is 0. The molecule has 0 bridgehead atoms. The molecule has 0 spiro atoms. The van der Waals surface area contributed by atoms with Crippen molar-refractivity contribution in [3.8, 4) is 6.07 Å². The maximum Gasteiger partial charge on any atom is 0.274 e. The fraction of sp³-hybridized carbons (Fsp3) is 0.143. The summed E-state index contributed by atoms with van der Waals surface area (Å²) in [5, 5.41) is 11.5. The number of halogens is 1. The van der Waals surface area contributed by atoms with E-state index < -0.39 is 17.3 Å². The Balaban J connectivity index is 1.63. The van der Waals surface area contributed by atoms with Crippen molar-refractivity contribution in [1.82, 2.24) is 9.55 Å². The number of aromatic nitrogens is 2. The minimum atomic E-state index is -0.923. The number of fused-ring (bicyclic) bond motifs is 1. The molecule has 0 radical (unpaired) electrons. The number of carbonyl (C=O) groups is 1. The maximum absolute atomic E-state index is 14.7. The molecule has 1 unspecified atom stereocenters. The molecular formula is C21H17FN6O. The minimum absolute atomic E-state index is 0.151. The van der Waals surface area contributed by atoms with Crippen LogP contribution in [0.15, 0.2) is 59.9 Å². The van der Waals surface area contributed by atoms with Gasteiger partial charge in [0.15, 0.2) is 0 Å². The standard InChI is InChI=1S/C21H17FN6O/c1-21(12-28-8-2-3-18(28)19(24)27-21)15-9-14(5-6-16(15)22)26-20(29)17-7-4-13(10-23)11-25-17/h2-9,11H,12H2,1H3,(H2,24,27)(H,26,29). The van der Waals surface area contributed by atoms with Gasteiger partial charge in [0.1, 0.15) is 29.0 Å². The van der Waals surface area contributed by atoms with Crippen LogP contribution in [0.4, 0.5) is 10.1 Å². The predicted octanol–water partition coefficient (Wildman–Crippen LogP) is 2.78. The van der Waals surface area contributed by atoms with Crippen molar-refractivity contribution in [3.63, 3.8) is 0 Å². The number of rotatable bonds is 3. The molecule has 0 saturated heterocycles. The molecule has 1 amide bonds. The Kier molecular flexibility index (Phi) is 4.35. The average molecular weight is 388 g/mol. The highest BCUT2D eigenvalue weighted by atomic mass is 19.1. The Hall–Kier alpha value is -3.99. The zero-order valence-corrected chi connectivity index (χ0v) is 15.6. The average Bonchev–Trinajstić information content (AvgIpc) is 3.18. The van der Waals surface area contributed by atoms with E-state index in [1.54, 1.807) is 13.0 Å². The van der Waals surface area contributed by atoms with Crippen molar-refractivity contribution in [3.05, 3.63) is 83.2 Å². The predicted molar refractivity (Wildman–Crippen MR) is 106 cm³/mol. The van der Waals surface area contributed by atoms with E-state index in [0.717, 1.165) is 5.69 Å². The minimum Gasteiger partial charge on any atom is -0.382 e. The summed E-state index contributed by atoms with van der Waals surface area (Å²) in [4.78, 5) is 20.9. The number of anilines is 1. The molecule has 0 saturated carbocycles. The number of amidine groups is 1. The third-order valence-electron chi connectivity index (χ3n) is 4.87. The first kappa shape index (κ1) is 18.4. The van der Waals surface area contributed by atoms with Crippen molar-refractivity contribution >= 4 is 17.4 Å². The smallest absolute Gasteiger partial charge is 0.274 e. The summed E-state index contributed by atoms with van der Waals surface area (Å²) < 4.78 is 16.6. The van der Waals surface area contributed by atoms with Gasteiger partial charge in [-0.2, -0.15) is 5.26 Å². The highest BCUT2D eigenvalue weighted by molar-refractivity contribution is 6.03. The van der Waals surface area contributed by atoms with E-state index in [4.69, 9.17) is 11.0 Å². The van der Waals surface area contributed by atoms with Gasteiger partial charge < -0.3 is 15.6 Å². The quantitative estimate of drug-likeness (QED) is 0.719. The van der Waals surface area contributed by atoms with Crippen LogP contribution >= 0.6 is 0 Å². The van der Waals surface area contributed by atoms with Crippen LogP contribution in [0.2, 0.25) is 0 Å². The second-order valence-corrected chi connectivity index (χ2v) is 6.98. The maximum atomic E-state index is 14.7. The van der Waals surface area contributed by atoms with Crippen LogP contribution in [0, 0.1) is 17.1 Å². The van der Waals surface area contributed by atoms with Gasteiger partial charge in [-0.3, -0.25) is 9.79 Å². The number of pyridine rings is 1. The Morgan fingerprint density at radius 3 is 2.90 bits per heavy atom. The number of amides is 1. The fourth-order valence-corrected chi connectivity index (χ4v) is 3.43. The Bertz CT molecular complexity index is 1170. The third kappa shape index (κ3) is 3.34. The molecule has 3 aromatic rings. The number of nitriles is 1. The summed E-state index contributed by atoms with van der Waals surface area (Å²) in [6.45, 7) is 2.22. The largest absolute Gasteiger partial charge is 0.382 e. The summed E-state index contributed by atoms with van der Waals surface area (Å²) in [6.07, 6.45) is 3.19. The number of hydrogen-bond donors (Lipinski definition) is 2. The van der Waals surface area contributed by atoms with E-state index in [-0.39, 0.29) is 5.69 Å². The number of nitrogens with zero attached hydrogens (tertiary/aromatic N) is 4. The monoisotopic (exact) mass is 388 g/mol. The van der Waals surface area contributed by atoms with Gasteiger partial charge in [0.05, 0.1) is 17.8 Å². The van der Waals surface area contributed by atoms with Crippen LogP contribution in [-0.4, -0.2) is 21.3 Å². The zero-order valence-electron chi connectivity index (χ0n) is 15.6. The molecule has 144 valence electrons. The second kappa shape index (κ2) is 6.87. The lowest BCUT2D eigenvalue weighted by Gasteiger charge is -2.32. The van der Waals surface area contributed by atoms with Gasteiger partial charge >= 0.3 is 0 Å². The Morgan fingerprint density at radius 1 is 1.34 bits per heavy atom. The Labute approximate surface area is 166 Å². The lowest BCUT2D eigenvalue weighted by Crippen LogP contribution is -2.37. The molecular weight excluding hydrogens is 371 g/mol. The topological polar surface area (TPSA) is 109 Å². The number of benzene rings is 1. The van der Waals surface area contributed by atoms with Crippen LogP contribution in [0.25, 0.3) is 0 Å². The molecule has 29 heavy (non-hydrogen) atoms. The highest BCUT2D eigenvalue weighted by Crippen LogP contribution is 2.35. The molecule has 1 aliphatic heterocycles. The molecule has 3 N–H and O–H groups in total. The lowest BCUT2D eigenvalue weighted by atomic mass is 9.90. The Morgan fingerprint density at radius 2 is 2.17 bits per heavy atom. The van der Waals surface area contributed by atoms with Crippen LogP contribution in [0.3, 0.4) is 0 Å². The van der Waals surface area contributed by atoms with Crippen molar-refractivity contribution < 1.29 is 9.18 Å². The molecule has 0 aliphatic carbocycles. The van der Waals surface area contributed by atoms with Gasteiger partial charge in [-0.15, -0.1) is 0 Å². The van der Waals surface area contributed by atoms with Crippen LogP contribution in [-0.2, 0) is 12.1 Å². The van der Waals surface area contributed by atoms with E-state index in [1.807, 2.05) is 29.0 Å². The van der Waals surface area contributed by atoms with Crippen molar-refractivity contribution in [2.45, 2.75) is 19.0 Å². The number of carbonyl (C=O) groups excluding carboxylic acids is 1. The molecule has 2 aromatic heterocycles. The first-order chi connectivity index (χ1) is 13.9. The molecule has 0 fully saturated rings. The molecule has 3 heterocycles. The molecule has 4 rings (SSSR count). The van der Waals surface area contributed by atoms with Gasteiger partial charge in [-0.05, 0) is 49.4 Å². The normalized spacial score (nSPS) is 17.8. The highest BCUT2D eigenvalue weighted by Gasteiger charge is 2.34. The first-order valence-electron chi connectivity index (χ1n) is 8.88. The molecule has 7 nitrogen and oxygen atoms in total. The SMILES string of the molecule is CC1(c2cc(NC(=O)c3ccc(C#N)cn3)ccc2F)Cn2cccc2C(N)=N1. The van der Waals surface area contributed by atoms with Gasteiger partial charge in [0, 0.05) is 23.6 Å². The van der Waals surface area contributed by atoms with E-state index in [2.05, 4.69) is 15.3 Å². The lowest BCUT2D eigenvalue weighted by molar-refractivity contribution is 0.102. The summed E-state index contributed by atoms with van der Waals surface area (Å²) in [5.74, 6) is -0.565. The molecule has 1 aliphatic rings. The van der Waals surface area contributed by atoms with Gasteiger partial charge in [-0.25, -0.2) is 9.37 Å². The summed E-state index contributed by atoms with van der Waals surface area (Å²) in [6, 6.07) is 13.0. The van der Waals surface area contributed by atoms with Crippen molar-refractivity contribution in [2.24, 2.45) is 10.7 Å². The molecule has 1 atom stereocenters. The second-order valence-electron chi connectivity index (χ2n) is 6.98. The molecule has 1 aromatic carbocycles. The van der Waals surface area contributed by atoms with Crippen LogP contribution in [0.1, 0.15) is 34.2 Å². The number of aliphatic imine (C=N–C) groups is 1.